The molecule has 0 aliphatic heterocycles. The lowest BCUT2D eigenvalue weighted by atomic mass is 10.1. The molecule has 0 aliphatic carbocycles. The van der Waals surface area contributed by atoms with Crippen LogP contribution in [0.15, 0.2) is 45.6 Å². The summed E-state index contributed by atoms with van der Waals surface area (Å²) in [5, 5.41) is 6.78. The van der Waals surface area contributed by atoms with Crippen LogP contribution < -0.4 is 5.56 Å². The molecule has 1 unspecified atom stereocenters. The minimum atomic E-state index is -0.765. The van der Waals surface area contributed by atoms with Gasteiger partial charge in [-0.3, -0.25) is 4.79 Å². The molecule has 0 fully saturated rings. The van der Waals surface area contributed by atoms with Crippen molar-refractivity contribution in [1.29, 1.82) is 0 Å². The van der Waals surface area contributed by atoms with E-state index >= 15 is 0 Å². The molecule has 0 bridgehead atoms. The standard InChI is InChI=1S/C17H14N2O6/c1-9(12-7-8-13(25-12)16(21)23-2)24-17(22)14-10-5-3-4-6-11(10)15(20)19-18-14/h3-9H,1-2H3,(H,19,20). The monoisotopic (exact) mass is 342 g/mol. The summed E-state index contributed by atoms with van der Waals surface area (Å²) in [5.41, 5.74) is -0.407. The van der Waals surface area contributed by atoms with Crippen molar-refractivity contribution in [2.24, 2.45) is 0 Å². The van der Waals surface area contributed by atoms with Gasteiger partial charge in [-0.25, -0.2) is 14.7 Å². The third-order valence-electron chi connectivity index (χ3n) is 3.59. The number of ether oxygens (including phenoxy) is 2. The van der Waals surface area contributed by atoms with Gasteiger partial charge in [0.1, 0.15) is 5.76 Å². The van der Waals surface area contributed by atoms with Crippen LogP contribution in [0, 0.1) is 0 Å². The third-order valence-corrected chi connectivity index (χ3v) is 3.59. The number of methoxy groups -OCH3 is 1. The van der Waals surface area contributed by atoms with Crippen molar-refractivity contribution in [3.05, 3.63) is 64.0 Å². The molecular weight excluding hydrogens is 328 g/mol. The average Bonchev–Trinajstić information content (AvgIpc) is 3.11. The molecule has 0 saturated carbocycles. The van der Waals surface area contributed by atoms with Crippen LogP contribution in [0.4, 0.5) is 0 Å². The van der Waals surface area contributed by atoms with Crippen LogP contribution in [0.2, 0.25) is 0 Å². The molecule has 128 valence electrons. The van der Waals surface area contributed by atoms with Crippen LogP contribution in [0.5, 0.6) is 0 Å². The number of furan rings is 1. The van der Waals surface area contributed by atoms with E-state index in [0.29, 0.717) is 10.8 Å². The highest BCUT2D eigenvalue weighted by Crippen LogP contribution is 2.22. The number of hydrogen-bond donors (Lipinski definition) is 1. The number of esters is 2. The summed E-state index contributed by atoms with van der Waals surface area (Å²) in [5.74, 6) is -1.07. The number of H-pyrrole nitrogens is 1. The molecule has 0 amide bonds. The molecule has 3 rings (SSSR count). The Balaban J connectivity index is 1.85. The minimum absolute atomic E-state index is 0.00742. The number of aromatic nitrogens is 2. The Morgan fingerprint density at radius 2 is 1.84 bits per heavy atom. The third kappa shape index (κ3) is 3.14. The van der Waals surface area contributed by atoms with Gasteiger partial charge in [0.15, 0.2) is 11.8 Å². The second-order valence-electron chi connectivity index (χ2n) is 5.19. The summed E-state index contributed by atoms with van der Waals surface area (Å²) in [6.07, 6.45) is -0.765. The van der Waals surface area contributed by atoms with Crippen LogP contribution in [0.1, 0.15) is 39.8 Å². The Morgan fingerprint density at radius 3 is 2.56 bits per heavy atom. The summed E-state index contributed by atoms with van der Waals surface area (Å²) >= 11 is 0. The topological polar surface area (TPSA) is 111 Å². The molecule has 0 aliphatic rings. The van der Waals surface area contributed by atoms with E-state index in [2.05, 4.69) is 14.9 Å². The largest absolute Gasteiger partial charge is 0.463 e. The number of fused-ring (bicyclic) bond motifs is 1. The Morgan fingerprint density at radius 1 is 1.12 bits per heavy atom. The fourth-order valence-corrected chi connectivity index (χ4v) is 2.33. The van der Waals surface area contributed by atoms with E-state index in [1.165, 1.54) is 19.2 Å². The van der Waals surface area contributed by atoms with E-state index in [4.69, 9.17) is 9.15 Å². The van der Waals surface area contributed by atoms with E-state index in [-0.39, 0.29) is 17.2 Å². The first-order valence-corrected chi connectivity index (χ1v) is 7.37. The first-order chi connectivity index (χ1) is 12.0. The van der Waals surface area contributed by atoms with Crippen LogP contribution in [-0.2, 0) is 9.47 Å². The van der Waals surface area contributed by atoms with Crippen LogP contribution in [0.25, 0.3) is 10.8 Å². The number of carbonyl (C=O) groups excluding carboxylic acids is 2. The Kier molecular flexibility index (Phi) is 4.34. The Bertz CT molecular complexity index is 1000. The van der Waals surface area contributed by atoms with Crippen LogP contribution in [-0.4, -0.2) is 29.2 Å². The van der Waals surface area contributed by atoms with E-state index in [1.807, 2.05) is 0 Å². The number of aromatic amines is 1. The molecule has 3 aromatic rings. The molecule has 25 heavy (non-hydrogen) atoms. The highest BCUT2D eigenvalue weighted by Gasteiger charge is 2.22. The van der Waals surface area contributed by atoms with Crippen LogP contribution >= 0.6 is 0 Å². The first kappa shape index (κ1) is 16.4. The molecule has 1 aromatic carbocycles. The van der Waals surface area contributed by atoms with E-state index in [1.54, 1.807) is 31.2 Å². The van der Waals surface area contributed by atoms with Gasteiger partial charge >= 0.3 is 11.9 Å². The van der Waals surface area contributed by atoms with E-state index in [0.717, 1.165) is 0 Å². The van der Waals surface area contributed by atoms with Crippen molar-refractivity contribution in [2.45, 2.75) is 13.0 Å². The van der Waals surface area contributed by atoms with Gasteiger partial charge in [-0.1, -0.05) is 18.2 Å². The minimum Gasteiger partial charge on any atom is -0.463 e. The van der Waals surface area contributed by atoms with Crippen molar-refractivity contribution in [2.75, 3.05) is 7.11 Å². The maximum atomic E-state index is 12.4. The van der Waals surface area contributed by atoms with Gasteiger partial charge in [0.25, 0.3) is 5.56 Å². The number of nitrogens with zero attached hydrogens (tertiary/aromatic N) is 1. The fraction of sp³-hybridized carbons (Fsp3) is 0.176. The molecule has 0 spiro atoms. The van der Waals surface area contributed by atoms with Gasteiger partial charge in [-0.15, -0.1) is 0 Å². The molecule has 8 nitrogen and oxygen atoms in total. The Hall–Kier alpha value is -3.42. The molecule has 0 saturated heterocycles. The number of nitrogens with one attached hydrogen (secondary N) is 1. The maximum Gasteiger partial charge on any atom is 0.373 e. The number of hydrogen-bond acceptors (Lipinski definition) is 7. The summed E-state index contributed by atoms with van der Waals surface area (Å²) in [6, 6.07) is 9.53. The maximum absolute atomic E-state index is 12.4. The van der Waals surface area contributed by atoms with Crippen molar-refractivity contribution in [3.63, 3.8) is 0 Å². The molecule has 2 aromatic heterocycles. The zero-order valence-electron chi connectivity index (χ0n) is 13.4. The summed E-state index contributed by atoms with van der Waals surface area (Å²) in [6.45, 7) is 1.59. The molecule has 2 heterocycles. The molecule has 1 N–H and O–H groups in total. The van der Waals surface area contributed by atoms with Gasteiger partial charge < -0.3 is 13.9 Å². The summed E-state index contributed by atoms with van der Waals surface area (Å²) in [4.78, 5) is 35.6. The van der Waals surface area contributed by atoms with E-state index < -0.39 is 23.6 Å². The summed E-state index contributed by atoms with van der Waals surface area (Å²) in [7, 11) is 1.24. The van der Waals surface area contributed by atoms with Gasteiger partial charge in [0.2, 0.25) is 5.76 Å². The lowest BCUT2D eigenvalue weighted by Crippen LogP contribution is -2.17. The van der Waals surface area contributed by atoms with E-state index in [9.17, 15) is 14.4 Å². The van der Waals surface area contributed by atoms with Crippen molar-refractivity contribution >= 4 is 22.7 Å². The average molecular weight is 342 g/mol. The lowest BCUT2D eigenvalue weighted by molar-refractivity contribution is 0.0280. The molecular formula is C17H14N2O6. The predicted molar refractivity (Wildman–Crippen MR) is 86.2 cm³/mol. The first-order valence-electron chi connectivity index (χ1n) is 7.37. The quantitative estimate of drug-likeness (QED) is 0.723. The number of carbonyl (C=O) groups is 2. The van der Waals surface area contributed by atoms with Crippen molar-refractivity contribution in [1.82, 2.24) is 10.2 Å². The lowest BCUT2D eigenvalue weighted by Gasteiger charge is -2.11. The van der Waals surface area contributed by atoms with Crippen LogP contribution in [0.3, 0.4) is 0 Å². The van der Waals surface area contributed by atoms with Gasteiger partial charge in [-0.2, -0.15) is 5.10 Å². The molecule has 8 heteroatoms. The van der Waals surface area contributed by atoms with Gasteiger partial charge in [-0.05, 0) is 25.1 Å². The zero-order chi connectivity index (χ0) is 18.0. The van der Waals surface area contributed by atoms with Crippen molar-refractivity contribution in [3.8, 4) is 0 Å². The highest BCUT2D eigenvalue weighted by molar-refractivity contribution is 6.02. The smallest absolute Gasteiger partial charge is 0.373 e. The molecule has 0 radical (unpaired) electrons. The van der Waals surface area contributed by atoms with Gasteiger partial charge in [0, 0.05) is 5.39 Å². The SMILES string of the molecule is COC(=O)c1ccc(C(C)OC(=O)c2n[nH]c(=O)c3ccccc23)o1. The predicted octanol–water partition coefficient (Wildman–Crippen LogP) is 2.22. The second-order valence-corrected chi connectivity index (χ2v) is 5.19. The Labute approximate surface area is 141 Å². The zero-order valence-corrected chi connectivity index (χ0v) is 13.4. The molecule has 1 atom stereocenters. The summed E-state index contributed by atoms with van der Waals surface area (Å²) < 4.78 is 15.2. The normalized spacial score (nSPS) is 11.9. The number of rotatable bonds is 4. The van der Waals surface area contributed by atoms with Crippen molar-refractivity contribution < 1.29 is 23.5 Å². The second kappa shape index (κ2) is 6.60. The number of benzene rings is 1. The highest BCUT2D eigenvalue weighted by atomic mass is 16.6. The van der Waals surface area contributed by atoms with Gasteiger partial charge in [0.05, 0.1) is 12.5 Å². The fourth-order valence-electron chi connectivity index (χ4n) is 2.33.